The highest BCUT2D eigenvalue weighted by Gasteiger charge is 2.28. The normalized spacial score (nSPS) is 13.9. The van der Waals surface area contributed by atoms with Gasteiger partial charge in [0.1, 0.15) is 17.7 Å². The molecule has 37 heavy (non-hydrogen) atoms. The van der Waals surface area contributed by atoms with E-state index in [1.54, 1.807) is 58.0 Å². The molecule has 2 aromatic carbocycles. The van der Waals surface area contributed by atoms with Crippen LogP contribution in [-0.2, 0) is 9.53 Å². The first-order chi connectivity index (χ1) is 17.5. The van der Waals surface area contributed by atoms with Gasteiger partial charge in [0.05, 0.1) is 11.1 Å². The van der Waals surface area contributed by atoms with Crippen molar-refractivity contribution in [2.45, 2.75) is 58.1 Å². The predicted molar refractivity (Wildman–Crippen MR) is 143 cm³/mol. The Hall–Kier alpha value is -3.89. The van der Waals surface area contributed by atoms with E-state index in [1.807, 2.05) is 12.1 Å². The molecule has 0 radical (unpaired) electrons. The summed E-state index contributed by atoms with van der Waals surface area (Å²) in [6, 6.07) is 14.5. The Morgan fingerprint density at radius 2 is 1.78 bits per heavy atom. The van der Waals surface area contributed by atoms with E-state index in [2.05, 4.69) is 11.4 Å². The van der Waals surface area contributed by atoms with E-state index in [-0.39, 0.29) is 5.56 Å². The van der Waals surface area contributed by atoms with Crippen LogP contribution in [0.4, 0.5) is 5.69 Å². The minimum atomic E-state index is -0.888. The average Bonchev–Trinajstić information content (AvgIpc) is 3.68. The number of pyridine rings is 1. The molecule has 1 saturated carbocycles. The van der Waals surface area contributed by atoms with Gasteiger partial charge in [-0.1, -0.05) is 17.7 Å². The molecule has 0 spiro atoms. The van der Waals surface area contributed by atoms with Crippen molar-refractivity contribution in [3.8, 4) is 17.2 Å². The zero-order chi connectivity index (χ0) is 26.9. The zero-order valence-electron chi connectivity index (χ0n) is 21.2. The first kappa shape index (κ1) is 26.2. The molecule has 1 fully saturated rings. The molecule has 1 atom stereocenters. The lowest BCUT2D eigenvalue weighted by atomic mass is 9.94. The highest BCUT2D eigenvalue weighted by molar-refractivity contribution is 6.30. The Balaban J connectivity index is 1.56. The molecule has 4 rings (SSSR count). The minimum absolute atomic E-state index is 0.283. The number of carbonyl (C=O) groups is 2. The van der Waals surface area contributed by atoms with E-state index in [0.29, 0.717) is 27.8 Å². The van der Waals surface area contributed by atoms with Crippen molar-refractivity contribution in [1.82, 2.24) is 4.57 Å². The number of aromatic nitrogens is 1. The number of anilines is 1. The summed E-state index contributed by atoms with van der Waals surface area (Å²) in [7, 11) is 0. The van der Waals surface area contributed by atoms with E-state index in [4.69, 9.17) is 16.3 Å². The number of halogens is 1. The Kier molecular flexibility index (Phi) is 7.24. The summed E-state index contributed by atoms with van der Waals surface area (Å²) in [6.07, 6.45) is 3.54. The van der Waals surface area contributed by atoms with Crippen LogP contribution in [0.25, 0.3) is 11.1 Å². The summed E-state index contributed by atoms with van der Waals surface area (Å²) >= 11 is 6.24. The van der Waals surface area contributed by atoms with Crippen LogP contribution in [0.3, 0.4) is 0 Å². The molecule has 0 bridgehead atoms. The molecule has 1 aliphatic carbocycles. The summed E-state index contributed by atoms with van der Waals surface area (Å²) in [4.78, 5) is 38.3. The van der Waals surface area contributed by atoms with Gasteiger partial charge < -0.3 is 14.6 Å². The SMILES string of the molecule is CC(C(=O)Nc1ccc(C(=O)OC(C)(C)C)cc1)n1cc(C#N)c(-c2cc(Cl)ccc2C2CC2)cc1=O. The number of rotatable bonds is 6. The molecule has 1 amide bonds. The van der Waals surface area contributed by atoms with Gasteiger partial charge in [-0.25, -0.2) is 4.79 Å². The Bertz CT molecular complexity index is 1460. The standard InChI is InChI=1S/C29H28ClN3O4/c1-17(27(35)32-22-10-7-19(8-11-22)28(36)37-29(2,3)4)33-16-20(15-31)24(14-26(33)34)25-13-21(30)9-12-23(25)18-5-6-18/h7-14,16-18H,5-6H2,1-4H3,(H,32,35). The number of esters is 1. The maximum absolute atomic E-state index is 13.1. The number of ether oxygens (including phenoxy) is 1. The first-order valence-electron chi connectivity index (χ1n) is 12.1. The van der Waals surface area contributed by atoms with Gasteiger partial charge in [-0.2, -0.15) is 5.26 Å². The molecule has 0 saturated heterocycles. The second-order valence-corrected chi connectivity index (χ2v) is 10.6. The molecule has 1 aliphatic rings. The van der Waals surface area contributed by atoms with Crippen molar-refractivity contribution < 1.29 is 14.3 Å². The second-order valence-electron chi connectivity index (χ2n) is 10.2. The first-order valence-corrected chi connectivity index (χ1v) is 12.4. The van der Waals surface area contributed by atoms with Gasteiger partial charge in [-0.3, -0.25) is 9.59 Å². The maximum Gasteiger partial charge on any atom is 0.338 e. The molecule has 8 heteroatoms. The van der Waals surface area contributed by atoms with Gasteiger partial charge in [0.25, 0.3) is 5.56 Å². The van der Waals surface area contributed by atoms with Crippen molar-refractivity contribution in [2.75, 3.05) is 5.32 Å². The monoisotopic (exact) mass is 517 g/mol. The number of nitriles is 1. The summed E-state index contributed by atoms with van der Waals surface area (Å²) in [6.45, 7) is 6.94. The van der Waals surface area contributed by atoms with Crippen LogP contribution < -0.4 is 10.9 Å². The fourth-order valence-electron chi connectivity index (χ4n) is 4.07. The maximum atomic E-state index is 13.1. The highest BCUT2D eigenvalue weighted by Crippen LogP contribution is 2.45. The van der Waals surface area contributed by atoms with E-state index < -0.39 is 29.1 Å². The Morgan fingerprint density at radius 3 is 2.38 bits per heavy atom. The van der Waals surface area contributed by atoms with E-state index >= 15 is 0 Å². The number of carbonyl (C=O) groups excluding carboxylic acids is 2. The third-order valence-electron chi connectivity index (χ3n) is 6.11. The molecule has 3 aromatic rings. The van der Waals surface area contributed by atoms with Crippen LogP contribution in [0.1, 0.15) is 74.0 Å². The van der Waals surface area contributed by atoms with Crippen molar-refractivity contribution in [1.29, 1.82) is 5.26 Å². The van der Waals surface area contributed by atoms with Gasteiger partial charge in [0, 0.05) is 28.5 Å². The van der Waals surface area contributed by atoms with Crippen LogP contribution in [0.2, 0.25) is 5.02 Å². The molecule has 1 heterocycles. The average molecular weight is 518 g/mol. The van der Waals surface area contributed by atoms with Crippen molar-refractivity contribution in [2.24, 2.45) is 0 Å². The van der Waals surface area contributed by atoms with Gasteiger partial charge in [-0.05, 0) is 94.0 Å². The molecule has 1 unspecified atom stereocenters. The fraction of sp³-hybridized carbons (Fsp3) is 0.310. The summed E-state index contributed by atoms with van der Waals surface area (Å²) in [5.74, 6) is -0.503. The van der Waals surface area contributed by atoms with Crippen LogP contribution in [0, 0.1) is 11.3 Å². The van der Waals surface area contributed by atoms with Gasteiger partial charge in [-0.15, -0.1) is 0 Å². The lowest BCUT2D eigenvalue weighted by Gasteiger charge is -2.19. The topological polar surface area (TPSA) is 101 Å². The smallest absolute Gasteiger partial charge is 0.338 e. The van der Waals surface area contributed by atoms with Crippen molar-refractivity contribution in [3.63, 3.8) is 0 Å². The Labute approximate surface area is 220 Å². The van der Waals surface area contributed by atoms with Crippen LogP contribution in [0.5, 0.6) is 0 Å². The largest absolute Gasteiger partial charge is 0.456 e. The molecule has 7 nitrogen and oxygen atoms in total. The third-order valence-corrected chi connectivity index (χ3v) is 6.34. The number of hydrogen-bond donors (Lipinski definition) is 1. The van der Waals surface area contributed by atoms with Crippen molar-refractivity contribution in [3.05, 3.63) is 86.8 Å². The van der Waals surface area contributed by atoms with Crippen LogP contribution in [0.15, 0.2) is 59.5 Å². The highest BCUT2D eigenvalue weighted by atomic mass is 35.5. The molecular weight excluding hydrogens is 490 g/mol. The van der Waals surface area contributed by atoms with Gasteiger partial charge in [0.15, 0.2) is 0 Å². The quantitative estimate of drug-likeness (QED) is 0.400. The van der Waals surface area contributed by atoms with Gasteiger partial charge >= 0.3 is 5.97 Å². The molecule has 1 aromatic heterocycles. The number of benzene rings is 2. The van der Waals surface area contributed by atoms with Crippen LogP contribution in [-0.4, -0.2) is 22.0 Å². The fourth-order valence-corrected chi connectivity index (χ4v) is 4.25. The summed E-state index contributed by atoms with van der Waals surface area (Å²) in [5.41, 5.74) is 2.44. The van der Waals surface area contributed by atoms with Crippen molar-refractivity contribution >= 4 is 29.2 Å². The van der Waals surface area contributed by atoms with E-state index in [9.17, 15) is 19.6 Å². The van der Waals surface area contributed by atoms with Gasteiger partial charge in [0.2, 0.25) is 5.91 Å². The number of nitrogens with one attached hydrogen (secondary N) is 1. The number of amides is 1. The number of nitrogens with zero attached hydrogens (tertiary/aromatic N) is 2. The minimum Gasteiger partial charge on any atom is -0.456 e. The van der Waals surface area contributed by atoms with Crippen LogP contribution >= 0.6 is 11.6 Å². The zero-order valence-corrected chi connectivity index (χ0v) is 21.9. The predicted octanol–water partition coefficient (Wildman–Crippen LogP) is 6.07. The molecule has 0 aliphatic heterocycles. The molecular formula is C29H28ClN3O4. The lowest BCUT2D eigenvalue weighted by Crippen LogP contribution is -2.31. The lowest BCUT2D eigenvalue weighted by molar-refractivity contribution is -0.118. The second kappa shape index (κ2) is 10.2. The Morgan fingerprint density at radius 1 is 1.11 bits per heavy atom. The summed E-state index contributed by atoms with van der Waals surface area (Å²) < 4.78 is 6.59. The summed E-state index contributed by atoms with van der Waals surface area (Å²) in [5, 5.41) is 13.1. The molecule has 1 N–H and O–H groups in total. The number of hydrogen-bond acceptors (Lipinski definition) is 5. The third kappa shape index (κ3) is 6.10. The van der Waals surface area contributed by atoms with E-state index in [0.717, 1.165) is 24.0 Å². The molecule has 190 valence electrons. The van der Waals surface area contributed by atoms with E-state index in [1.165, 1.54) is 16.8 Å².